The fourth-order valence-electron chi connectivity index (χ4n) is 1.32. The van der Waals surface area contributed by atoms with Crippen LogP contribution >= 0.6 is 15.9 Å². The van der Waals surface area contributed by atoms with Gasteiger partial charge >= 0.3 is 0 Å². The van der Waals surface area contributed by atoms with Crippen LogP contribution in [0.15, 0.2) is 34.8 Å². The fourth-order valence-corrected chi connectivity index (χ4v) is 1.68. The summed E-state index contributed by atoms with van der Waals surface area (Å²) in [6.07, 6.45) is 0. The first-order valence-electron chi connectivity index (χ1n) is 5.16. The first-order valence-corrected chi connectivity index (χ1v) is 5.96. The van der Waals surface area contributed by atoms with E-state index in [0.717, 1.165) is 0 Å². The topological polar surface area (TPSA) is 91.2 Å². The van der Waals surface area contributed by atoms with Crippen molar-refractivity contribution in [2.75, 3.05) is 5.73 Å². The Hall–Kier alpha value is -2.15. The number of nitrogens with zero attached hydrogens (tertiary/aromatic N) is 1. The third kappa shape index (κ3) is 3.00. The molecular formula is C12H9BrFN3O2. The van der Waals surface area contributed by atoms with Gasteiger partial charge in [-0.25, -0.2) is 9.37 Å². The van der Waals surface area contributed by atoms with Gasteiger partial charge in [-0.05, 0) is 46.3 Å². The molecule has 1 amide bonds. The number of primary amides is 1. The number of halogens is 2. The minimum atomic E-state index is -0.690. The number of pyridine rings is 1. The molecule has 19 heavy (non-hydrogen) atoms. The molecule has 0 fully saturated rings. The monoisotopic (exact) mass is 325 g/mol. The van der Waals surface area contributed by atoms with Crippen LogP contribution in [0.5, 0.6) is 11.6 Å². The van der Waals surface area contributed by atoms with Crippen LogP contribution in [0.1, 0.15) is 10.5 Å². The molecular weight excluding hydrogens is 317 g/mol. The average molecular weight is 326 g/mol. The number of nitrogen functional groups attached to an aromatic ring is 1. The van der Waals surface area contributed by atoms with Crippen LogP contribution in [0, 0.1) is 5.82 Å². The van der Waals surface area contributed by atoms with Gasteiger partial charge in [-0.1, -0.05) is 0 Å². The predicted octanol–water partition coefficient (Wildman–Crippen LogP) is 2.46. The molecule has 0 bridgehead atoms. The average Bonchev–Trinajstić information content (AvgIpc) is 2.36. The molecule has 1 aromatic heterocycles. The van der Waals surface area contributed by atoms with Gasteiger partial charge in [0.1, 0.15) is 17.3 Å². The number of carbonyl (C=O) groups is 1. The van der Waals surface area contributed by atoms with Crippen LogP contribution in [-0.4, -0.2) is 10.9 Å². The first-order chi connectivity index (χ1) is 8.97. The van der Waals surface area contributed by atoms with Crippen molar-refractivity contribution < 1.29 is 13.9 Å². The zero-order valence-corrected chi connectivity index (χ0v) is 11.1. The van der Waals surface area contributed by atoms with E-state index in [1.807, 2.05) is 0 Å². The zero-order chi connectivity index (χ0) is 14.0. The van der Waals surface area contributed by atoms with E-state index in [-0.39, 0.29) is 21.7 Å². The largest absolute Gasteiger partial charge is 0.437 e. The molecule has 4 N–H and O–H groups in total. The molecule has 5 nitrogen and oxygen atoms in total. The highest BCUT2D eigenvalue weighted by Crippen LogP contribution is 2.28. The number of aromatic nitrogens is 1. The van der Waals surface area contributed by atoms with Crippen LogP contribution in [0.25, 0.3) is 0 Å². The minimum Gasteiger partial charge on any atom is -0.437 e. The van der Waals surface area contributed by atoms with E-state index in [2.05, 4.69) is 20.9 Å². The molecule has 2 rings (SSSR count). The van der Waals surface area contributed by atoms with E-state index < -0.39 is 11.7 Å². The van der Waals surface area contributed by atoms with E-state index in [9.17, 15) is 9.18 Å². The summed E-state index contributed by atoms with van der Waals surface area (Å²) in [5.41, 5.74) is 11.1. The number of benzene rings is 1. The van der Waals surface area contributed by atoms with E-state index in [1.165, 1.54) is 30.3 Å². The third-order valence-electron chi connectivity index (χ3n) is 2.25. The molecule has 0 aliphatic heterocycles. The van der Waals surface area contributed by atoms with Gasteiger partial charge in [-0.2, -0.15) is 0 Å². The maximum atomic E-state index is 13.1. The Labute approximate surface area is 116 Å². The Bertz CT molecular complexity index is 649. The predicted molar refractivity (Wildman–Crippen MR) is 71.3 cm³/mol. The Balaban J connectivity index is 2.34. The second-order valence-electron chi connectivity index (χ2n) is 3.63. The van der Waals surface area contributed by atoms with Gasteiger partial charge in [-0.3, -0.25) is 4.79 Å². The molecule has 0 aliphatic carbocycles. The second kappa shape index (κ2) is 5.23. The number of carbonyl (C=O) groups excluding carboxylic acids is 1. The molecule has 7 heteroatoms. The molecule has 98 valence electrons. The quantitative estimate of drug-likeness (QED) is 0.906. The summed E-state index contributed by atoms with van der Waals surface area (Å²) in [6, 6.07) is 6.92. The van der Waals surface area contributed by atoms with E-state index in [4.69, 9.17) is 16.2 Å². The van der Waals surface area contributed by atoms with Crippen molar-refractivity contribution in [3.8, 4) is 11.6 Å². The molecule has 0 unspecified atom stereocenters. The molecule has 0 atom stereocenters. The number of hydrogen-bond acceptors (Lipinski definition) is 4. The van der Waals surface area contributed by atoms with Gasteiger partial charge < -0.3 is 16.2 Å². The number of nitrogens with two attached hydrogens (primary N) is 2. The van der Waals surface area contributed by atoms with E-state index >= 15 is 0 Å². The second-order valence-corrected chi connectivity index (χ2v) is 4.49. The summed E-state index contributed by atoms with van der Waals surface area (Å²) >= 11 is 3.03. The summed E-state index contributed by atoms with van der Waals surface area (Å²) in [4.78, 5) is 14.9. The van der Waals surface area contributed by atoms with Crippen molar-refractivity contribution in [1.82, 2.24) is 4.98 Å². The summed E-state index contributed by atoms with van der Waals surface area (Å²) < 4.78 is 18.7. The van der Waals surface area contributed by atoms with Gasteiger partial charge in [0.15, 0.2) is 0 Å². The van der Waals surface area contributed by atoms with Crippen molar-refractivity contribution in [1.29, 1.82) is 0 Å². The van der Waals surface area contributed by atoms with Crippen molar-refractivity contribution in [2.45, 2.75) is 0 Å². The van der Waals surface area contributed by atoms with Crippen molar-refractivity contribution in [2.24, 2.45) is 5.73 Å². The van der Waals surface area contributed by atoms with Gasteiger partial charge in [0.2, 0.25) is 5.88 Å². The summed E-state index contributed by atoms with van der Waals surface area (Å²) in [5, 5.41) is 0. The molecule has 1 heterocycles. The lowest BCUT2D eigenvalue weighted by molar-refractivity contribution is 0.0995. The molecule has 1 aromatic carbocycles. The number of anilines is 1. The van der Waals surface area contributed by atoms with Crippen LogP contribution in [0.4, 0.5) is 10.1 Å². The summed E-state index contributed by atoms with van der Waals surface area (Å²) in [7, 11) is 0. The molecule has 2 aromatic rings. The molecule has 0 spiro atoms. The summed E-state index contributed by atoms with van der Waals surface area (Å²) in [5.74, 6) is -0.742. The van der Waals surface area contributed by atoms with Gasteiger partial charge in [0.05, 0.1) is 10.2 Å². The summed E-state index contributed by atoms with van der Waals surface area (Å²) in [6.45, 7) is 0. The lowest BCUT2D eigenvalue weighted by Gasteiger charge is -2.08. The van der Waals surface area contributed by atoms with Gasteiger partial charge in [0, 0.05) is 0 Å². The number of rotatable bonds is 3. The Morgan fingerprint density at radius 1 is 1.32 bits per heavy atom. The van der Waals surface area contributed by atoms with E-state index in [0.29, 0.717) is 5.75 Å². The highest BCUT2D eigenvalue weighted by Gasteiger charge is 2.10. The Morgan fingerprint density at radius 3 is 2.68 bits per heavy atom. The SMILES string of the molecule is NC(=O)c1ccc(N)c(Oc2ccc(F)c(Br)c2)n1. The molecule has 0 saturated carbocycles. The maximum absolute atomic E-state index is 13.1. The van der Waals surface area contributed by atoms with Crippen LogP contribution in [0.2, 0.25) is 0 Å². The van der Waals surface area contributed by atoms with Crippen LogP contribution in [0.3, 0.4) is 0 Å². The smallest absolute Gasteiger partial charge is 0.267 e. The van der Waals surface area contributed by atoms with Crippen molar-refractivity contribution in [3.63, 3.8) is 0 Å². The molecule has 0 saturated heterocycles. The Kier molecular flexibility index (Phi) is 3.66. The fraction of sp³-hybridized carbons (Fsp3) is 0. The van der Waals surface area contributed by atoms with Crippen LogP contribution in [-0.2, 0) is 0 Å². The van der Waals surface area contributed by atoms with Crippen LogP contribution < -0.4 is 16.2 Å². The standard InChI is InChI=1S/C12H9BrFN3O2/c13-7-5-6(1-2-8(7)14)19-12-9(15)3-4-10(17-12)11(16)18/h1-5H,15H2,(H2,16,18). The Morgan fingerprint density at radius 2 is 2.05 bits per heavy atom. The first kappa shape index (κ1) is 13.3. The lowest BCUT2D eigenvalue weighted by atomic mass is 10.3. The van der Waals surface area contributed by atoms with Crippen molar-refractivity contribution in [3.05, 3.63) is 46.3 Å². The van der Waals surface area contributed by atoms with Gasteiger partial charge in [0.25, 0.3) is 5.91 Å². The number of amides is 1. The normalized spacial score (nSPS) is 10.2. The molecule has 0 aliphatic rings. The highest BCUT2D eigenvalue weighted by molar-refractivity contribution is 9.10. The van der Waals surface area contributed by atoms with Crippen molar-refractivity contribution >= 4 is 27.5 Å². The lowest BCUT2D eigenvalue weighted by Crippen LogP contribution is -2.13. The third-order valence-corrected chi connectivity index (χ3v) is 2.86. The molecule has 0 radical (unpaired) electrons. The number of ether oxygens (including phenoxy) is 1. The minimum absolute atomic E-state index is 0.0328. The zero-order valence-electron chi connectivity index (χ0n) is 9.56. The van der Waals surface area contributed by atoms with E-state index in [1.54, 1.807) is 0 Å². The number of hydrogen-bond donors (Lipinski definition) is 2. The van der Waals surface area contributed by atoms with Gasteiger partial charge in [-0.15, -0.1) is 0 Å². The highest BCUT2D eigenvalue weighted by atomic mass is 79.9. The maximum Gasteiger partial charge on any atom is 0.267 e.